The van der Waals surface area contributed by atoms with Crippen molar-refractivity contribution in [1.29, 1.82) is 0 Å². The predicted molar refractivity (Wildman–Crippen MR) is 99.6 cm³/mol. The highest BCUT2D eigenvalue weighted by Crippen LogP contribution is 2.23. The summed E-state index contributed by atoms with van der Waals surface area (Å²) in [6.45, 7) is 1.69. The van der Waals surface area contributed by atoms with Crippen molar-refractivity contribution >= 4 is 33.5 Å². The topological polar surface area (TPSA) is 84.3 Å². The first kappa shape index (κ1) is 16.0. The zero-order valence-electron chi connectivity index (χ0n) is 14.0. The molecule has 130 valence electrons. The Morgan fingerprint density at radius 2 is 2.04 bits per heavy atom. The smallest absolute Gasteiger partial charge is 0.336 e. The summed E-state index contributed by atoms with van der Waals surface area (Å²) in [6, 6.07) is 14.1. The molecule has 2 aromatic carbocycles. The molecule has 1 amide bonds. The molecule has 0 saturated heterocycles. The first-order valence-electron chi connectivity index (χ1n) is 8.13. The molecule has 6 nitrogen and oxygen atoms in total. The summed E-state index contributed by atoms with van der Waals surface area (Å²) >= 11 is 0. The molecule has 2 N–H and O–H groups in total. The number of fused-ring (bicyclic) bond motifs is 2. The van der Waals surface area contributed by atoms with E-state index in [0.29, 0.717) is 11.3 Å². The van der Waals surface area contributed by atoms with Gasteiger partial charge in [0.15, 0.2) is 6.61 Å². The number of ether oxygens (including phenoxy) is 1. The summed E-state index contributed by atoms with van der Waals surface area (Å²) < 4.78 is 10.7. The fraction of sp³-hybridized carbons (Fsp3) is 0.100. The number of rotatable bonds is 4. The number of carbonyl (C=O) groups excluding carboxylic acids is 1. The van der Waals surface area contributed by atoms with E-state index in [9.17, 15) is 9.59 Å². The van der Waals surface area contributed by atoms with Gasteiger partial charge in [0.25, 0.3) is 5.91 Å². The fourth-order valence-electron chi connectivity index (χ4n) is 2.92. The zero-order valence-corrected chi connectivity index (χ0v) is 14.0. The lowest BCUT2D eigenvalue weighted by Gasteiger charge is -2.09. The van der Waals surface area contributed by atoms with Crippen molar-refractivity contribution in [2.24, 2.45) is 0 Å². The minimum Gasteiger partial charge on any atom is -0.484 e. The molecule has 6 heteroatoms. The molecule has 0 aliphatic rings. The lowest BCUT2D eigenvalue weighted by atomic mass is 10.1. The Morgan fingerprint density at radius 1 is 1.15 bits per heavy atom. The predicted octanol–water partition coefficient (Wildman–Crippen LogP) is 3.60. The molecule has 4 rings (SSSR count). The minimum absolute atomic E-state index is 0.150. The quantitative estimate of drug-likeness (QED) is 0.552. The van der Waals surface area contributed by atoms with Crippen molar-refractivity contribution in [2.45, 2.75) is 6.92 Å². The van der Waals surface area contributed by atoms with Crippen molar-refractivity contribution in [2.75, 3.05) is 11.9 Å². The number of aromatic nitrogens is 1. The van der Waals surface area contributed by atoms with Crippen LogP contribution in [0.1, 0.15) is 5.56 Å². The number of anilines is 1. The van der Waals surface area contributed by atoms with Crippen LogP contribution in [0, 0.1) is 6.92 Å². The summed E-state index contributed by atoms with van der Waals surface area (Å²) in [5.74, 6) is 0.186. The Hall–Kier alpha value is -3.54. The standard InChI is InChI=1S/C20H16N2O4/c1-12-9-20(24)26-18-10-13(5-6-14(12)18)25-11-19(23)22-17-4-2-3-16-15(17)7-8-21-16/h2-10,21H,11H2,1H3,(H,22,23). The van der Waals surface area contributed by atoms with Crippen LogP contribution in [-0.2, 0) is 4.79 Å². The molecule has 0 radical (unpaired) electrons. The Morgan fingerprint density at radius 3 is 2.92 bits per heavy atom. The Labute approximate surface area is 148 Å². The van der Waals surface area contributed by atoms with E-state index in [4.69, 9.17) is 9.15 Å². The molecule has 0 fully saturated rings. The number of H-pyrrole nitrogens is 1. The number of carbonyl (C=O) groups is 1. The van der Waals surface area contributed by atoms with E-state index < -0.39 is 5.63 Å². The van der Waals surface area contributed by atoms with Gasteiger partial charge in [-0.25, -0.2) is 4.79 Å². The van der Waals surface area contributed by atoms with Crippen LogP contribution < -0.4 is 15.7 Å². The Balaban J connectivity index is 1.48. The molecular formula is C20H16N2O4. The highest BCUT2D eigenvalue weighted by Gasteiger charge is 2.09. The van der Waals surface area contributed by atoms with E-state index in [1.165, 1.54) is 6.07 Å². The van der Waals surface area contributed by atoms with Crippen LogP contribution in [0.2, 0.25) is 0 Å². The molecule has 0 saturated carbocycles. The maximum atomic E-state index is 12.2. The van der Waals surface area contributed by atoms with E-state index in [2.05, 4.69) is 10.3 Å². The maximum Gasteiger partial charge on any atom is 0.336 e. The van der Waals surface area contributed by atoms with Crippen molar-refractivity contribution in [1.82, 2.24) is 4.98 Å². The fourth-order valence-corrected chi connectivity index (χ4v) is 2.92. The van der Waals surface area contributed by atoms with Gasteiger partial charge in [0.2, 0.25) is 0 Å². The van der Waals surface area contributed by atoms with Gasteiger partial charge in [-0.2, -0.15) is 0 Å². The van der Waals surface area contributed by atoms with Crippen LogP contribution in [0.4, 0.5) is 5.69 Å². The van der Waals surface area contributed by atoms with Gasteiger partial charge in [0.1, 0.15) is 11.3 Å². The van der Waals surface area contributed by atoms with Gasteiger partial charge in [0.05, 0.1) is 5.69 Å². The number of amides is 1. The van der Waals surface area contributed by atoms with Gasteiger partial charge in [-0.15, -0.1) is 0 Å². The third-order valence-electron chi connectivity index (χ3n) is 4.16. The van der Waals surface area contributed by atoms with Crippen LogP contribution in [0.25, 0.3) is 21.9 Å². The second kappa shape index (κ2) is 6.40. The van der Waals surface area contributed by atoms with Crippen LogP contribution in [0.5, 0.6) is 5.75 Å². The largest absolute Gasteiger partial charge is 0.484 e. The van der Waals surface area contributed by atoms with Crippen molar-refractivity contribution in [3.8, 4) is 5.75 Å². The normalized spacial score (nSPS) is 11.0. The SMILES string of the molecule is Cc1cc(=O)oc2cc(OCC(=O)Nc3cccc4[nH]ccc34)ccc12. The monoisotopic (exact) mass is 348 g/mol. The number of aromatic amines is 1. The molecule has 2 heterocycles. The Kier molecular flexibility index (Phi) is 3.93. The van der Waals surface area contributed by atoms with Gasteiger partial charge < -0.3 is 19.5 Å². The number of hydrogen-bond acceptors (Lipinski definition) is 4. The summed E-state index contributed by atoms with van der Waals surface area (Å²) in [5, 5.41) is 4.61. The van der Waals surface area contributed by atoms with Gasteiger partial charge in [0, 0.05) is 34.6 Å². The molecule has 26 heavy (non-hydrogen) atoms. The molecule has 4 aromatic rings. The molecule has 0 unspecified atom stereocenters. The van der Waals surface area contributed by atoms with E-state index in [0.717, 1.165) is 27.5 Å². The van der Waals surface area contributed by atoms with E-state index in [1.54, 1.807) is 18.2 Å². The molecule has 0 aliphatic carbocycles. The summed E-state index contributed by atoms with van der Waals surface area (Å²) in [5.41, 5.74) is 2.52. The summed E-state index contributed by atoms with van der Waals surface area (Å²) in [7, 11) is 0. The number of aryl methyl sites for hydroxylation is 1. The highest BCUT2D eigenvalue weighted by atomic mass is 16.5. The lowest BCUT2D eigenvalue weighted by Crippen LogP contribution is -2.20. The third kappa shape index (κ3) is 3.04. The van der Waals surface area contributed by atoms with E-state index >= 15 is 0 Å². The van der Waals surface area contributed by atoms with Crippen molar-refractivity contribution in [3.05, 3.63) is 70.7 Å². The molecule has 2 aromatic heterocycles. The molecule has 0 bridgehead atoms. The summed E-state index contributed by atoms with van der Waals surface area (Å²) in [6.07, 6.45) is 1.82. The van der Waals surface area contributed by atoms with Gasteiger partial charge in [-0.05, 0) is 42.8 Å². The van der Waals surface area contributed by atoms with Crippen LogP contribution in [0.15, 0.2) is 63.9 Å². The van der Waals surface area contributed by atoms with E-state index in [1.807, 2.05) is 37.4 Å². The van der Waals surface area contributed by atoms with Gasteiger partial charge >= 0.3 is 5.63 Å². The number of benzene rings is 2. The Bertz CT molecular complexity index is 1170. The van der Waals surface area contributed by atoms with E-state index in [-0.39, 0.29) is 12.5 Å². The van der Waals surface area contributed by atoms with Crippen molar-refractivity contribution < 1.29 is 13.9 Å². The average Bonchev–Trinajstić information content (AvgIpc) is 3.09. The first-order valence-corrected chi connectivity index (χ1v) is 8.13. The third-order valence-corrected chi connectivity index (χ3v) is 4.16. The molecule has 0 atom stereocenters. The second-order valence-corrected chi connectivity index (χ2v) is 5.99. The molecule has 0 aliphatic heterocycles. The number of nitrogens with one attached hydrogen (secondary N) is 2. The van der Waals surface area contributed by atoms with Crippen molar-refractivity contribution in [3.63, 3.8) is 0 Å². The lowest BCUT2D eigenvalue weighted by molar-refractivity contribution is -0.118. The maximum absolute atomic E-state index is 12.2. The first-order chi connectivity index (χ1) is 12.6. The van der Waals surface area contributed by atoms with Crippen LogP contribution in [-0.4, -0.2) is 17.5 Å². The molecule has 0 spiro atoms. The van der Waals surface area contributed by atoms with Gasteiger partial charge in [-0.1, -0.05) is 6.07 Å². The van der Waals surface area contributed by atoms with Crippen LogP contribution in [0.3, 0.4) is 0 Å². The van der Waals surface area contributed by atoms with Gasteiger partial charge in [-0.3, -0.25) is 4.79 Å². The minimum atomic E-state index is -0.413. The summed E-state index contributed by atoms with van der Waals surface area (Å²) in [4.78, 5) is 26.8. The highest BCUT2D eigenvalue weighted by molar-refractivity contribution is 6.01. The average molecular weight is 348 g/mol. The van der Waals surface area contributed by atoms with Crippen LogP contribution >= 0.6 is 0 Å². The second-order valence-electron chi connectivity index (χ2n) is 5.99. The molecular weight excluding hydrogens is 332 g/mol. The number of hydrogen-bond donors (Lipinski definition) is 2. The zero-order chi connectivity index (χ0) is 18.1.